The summed E-state index contributed by atoms with van der Waals surface area (Å²) >= 11 is 2.11. The molecule has 0 heterocycles. The molecule has 2 amide bonds. The molecule has 1 N–H and O–H groups in total. The number of halogens is 2. The second-order valence-corrected chi connectivity index (χ2v) is 11.5. The molecular weight excluding hydrogens is 608 g/mol. The van der Waals surface area contributed by atoms with Gasteiger partial charge in [0.1, 0.15) is 18.4 Å². The molecule has 3 rings (SSSR count). The number of amides is 2. The number of benzene rings is 3. The smallest absolute Gasteiger partial charge is 0.264 e. The van der Waals surface area contributed by atoms with Crippen molar-refractivity contribution in [2.24, 2.45) is 0 Å². The Morgan fingerprint density at radius 2 is 1.59 bits per heavy atom. The van der Waals surface area contributed by atoms with E-state index in [1.54, 1.807) is 55.5 Å². The van der Waals surface area contributed by atoms with Gasteiger partial charge < -0.3 is 10.2 Å². The summed E-state index contributed by atoms with van der Waals surface area (Å²) in [5, 5.41) is 2.76. The van der Waals surface area contributed by atoms with Gasteiger partial charge in [-0.25, -0.2) is 12.8 Å². The van der Waals surface area contributed by atoms with Crippen LogP contribution in [-0.4, -0.2) is 44.3 Å². The van der Waals surface area contributed by atoms with Crippen LogP contribution in [0.1, 0.15) is 25.8 Å². The van der Waals surface area contributed by atoms with E-state index in [4.69, 9.17) is 0 Å². The molecule has 0 spiro atoms. The van der Waals surface area contributed by atoms with E-state index >= 15 is 0 Å². The highest BCUT2D eigenvalue weighted by molar-refractivity contribution is 14.1. The fourth-order valence-corrected chi connectivity index (χ4v) is 5.44. The molecule has 10 heteroatoms. The van der Waals surface area contributed by atoms with E-state index in [9.17, 15) is 22.4 Å². The summed E-state index contributed by atoms with van der Waals surface area (Å²) in [5.74, 6) is -1.56. The molecule has 0 saturated carbocycles. The topological polar surface area (TPSA) is 86.8 Å². The zero-order valence-corrected chi connectivity index (χ0v) is 23.6. The lowest BCUT2D eigenvalue weighted by molar-refractivity contribution is -0.139. The normalized spacial score (nSPS) is 12.0. The summed E-state index contributed by atoms with van der Waals surface area (Å²) < 4.78 is 43.7. The van der Waals surface area contributed by atoms with Crippen molar-refractivity contribution in [1.29, 1.82) is 0 Å². The van der Waals surface area contributed by atoms with Gasteiger partial charge in [-0.15, -0.1) is 0 Å². The molecule has 0 aliphatic heterocycles. The van der Waals surface area contributed by atoms with Gasteiger partial charge in [-0.05, 0) is 78.4 Å². The van der Waals surface area contributed by atoms with Crippen LogP contribution in [-0.2, 0) is 26.2 Å². The number of sulfonamides is 1. The Morgan fingerprint density at radius 1 is 0.973 bits per heavy atom. The maximum atomic E-state index is 14.5. The molecule has 0 fully saturated rings. The van der Waals surface area contributed by atoms with E-state index in [0.717, 1.165) is 7.88 Å². The van der Waals surface area contributed by atoms with Crippen molar-refractivity contribution in [2.75, 3.05) is 17.4 Å². The minimum absolute atomic E-state index is 0.0238. The highest BCUT2D eigenvalue weighted by atomic mass is 127. The largest absolute Gasteiger partial charge is 0.354 e. The molecule has 196 valence electrons. The number of rotatable bonds is 11. The first kappa shape index (κ1) is 28.6. The highest BCUT2D eigenvalue weighted by Crippen LogP contribution is 2.25. The van der Waals surface area contributed by atoms with Crippen molar-refractivity contribution in [2.45, 2.75) is 37.8 Å². The zero-order chi connectivity index (χ0) is 27.0. The maximum Gasteiger partial charge on any atom is 0.264 e. The lowest BCUT2D eigenvalue weighted by Gasteiger charge is -2.32. The lowest BCUT2D eigenvalue weighted by Crippen LogP contribution is -2.51. The second-order valence-electron chi connectivity index (χ2n) is 8.38. The van der Waals surface area contributed by atoms with Crippen LogP contribution in [0.3, 0.4) is 0 Å². The Hall–Kier alpha value is -2.99. The van der Waals surface area contributed by atoms with Crippen molar-refractivity contribution >= 4 is 50.1 Å². The third-order valence-corrected chi connectivity index (χ3v) is 8.25. The summed E-state index contributed by atoms with van der Waals surface area (Å²) in [5.41, 5.74) is 0.518. The molecular formula is C27H29FIN3O4S. The first-order valence-electron chi connectivity index (χ1n) is 11.8. The van der Waals surface area contributed by atoms with Gasteiger partial charge in [-0.2, -0.15) is 0 Å². The predicted octanol–water partition coefficient (Wildman–Crippen LogP) is 4.57. The molecule has 1 atom stereocenters. The minimum atomic E-state index is -4.13. The Kier molecular flexibility index (Phi) is 10.0. The fraction of sp³-hybridized carbons (Fsp3) is 0.259. The van der Waals surface area contributed by atoms with Crippen LogP contribution in [0.25, 0.3) is 0 Å². The van der Waals surface area contributed by atoms with Crippen LogP contribution >= 0.6 is 22.6 Å². The van der Waals surface area contributed by atoms with Gasteiger partial charge in [-0.3, -0.25) is 13.9 Å². The van der Waals surface area contributed by atoms with E-state index in [1.807, 2.05) is 6.92 Å². The first-order valence-corrected chi connectivity index (χ1v) is 14.3. The number of hydrogen-bond acceptors (Lipinski definition) is 4. The summed E-state index contributed by atoms with van der Waals surface area (Å²) in [7, 11) is -4.13. The Labute approximate surface area is 230 Å². The standard InChI is InChI=1S/C27H29FIN3O4S/c1-3-17-30-27(34)20(2)31(18-21-9-7-8-12-25(21)28)26(33)19-32(23-15-13-22(29)14-16-23)37(35,36)24-10-5-4-6-11-24/h4-16,20H,3,17-19H2,1-2H3,(H,30,34)/t20-/m1/s1. The summed E-state index contributed by atoms with van der Waals surface area (Å²) in [6.45, 7) is 3.10. The van der Waals surface area contributed by atoms with E-state index in [-0.39, 0.29) is 17.0 Å². The van der Waals surface area contributed by atoms with E-state index in [2.05, 4.69) is 27.9 Å². The van der Waals surface area contributed by atoms with Crippen LogP contribution in [0, 0.1) is 9.39 Å². The molecule has 0 saturated heterocycles. The monoisotopic (exact) mass is 637 g/mol. The molecule has 0 aromatic heterocycles. The molecule has 7 nitrogen and oxygen atoms in total. The maximum absolute atomic E-state index is 14.5. The molecule has 0 radical (unpaired) electrons. The summed E-state index contributed by atoms with van der Waals surface area (Å²) in [6.07, 6.45) is 0.704. The number of hydrogen-bond donors (Lipinski definition) is 1. The van der Waals surface area contributed by atoms with Crippen LogP contribution in [0.5, 0.6) is 0 Å². The summed E-state index contributed by atoms with van der Waals surface area (Å²) in [6, 6.07) is 19.6. The van der Waals surface area contributed by atoms with Gasteiger partial charge in [0, 0.05) is 22.2 Å². The molecule has 3 aromatic rings. The van der Waals surface area contributed by atoms with Crippen LogP contribution in [0.15, 0.2) is 83.8 Å². The van der Waals surface area contributed by atoms with Gasteiger partial charge in [0.05, 0.1) is 10.6 Å². The fourth-order valence-electron chi connectivity index (χ4n) is 3.64. The Morgan fingerprint density at radius 3 is 2.22 bits per heavy atom. The van der Waals surface area contributed by atoms with Gasteiger partial charge in [0.15, 0.2) is 0 Å². The number of carbonyl (C=O) groups excluding carboxylic acids is 2. The van der Waals surface area contributed by atoms with Crippen molar-refractivity contribution in [3.63, 3.8) is 0 Å². The molecule has 0 aliphatic carbocycles. The number of anilines is 1. The zero-order valence-electron chi connectivity index (χ0n) is 20.6. The minimum Gasteiger partial charge on any atom is -0.354 e. The van der Waals surface area contributed by atoms with Crippen LogP contribution in [0.2, 0.25) is 0 Å². The number of nitrogens with zero attached hydrogens (tertiary/aromatic N) is 2. The molecule has 37 heavy (non-hydrogen) atoms. The molecule has 0 unspecified atom stereocenters. The number of nitrogens with one attached hydrogen (secondary N) is 1. The Bertz CT molecular complexity index is 1320. The molecule has 0 bridgehead atoms. The molecule has 0 aliphatic rings. The SMILES string of the molecule is CCCNC(=O)[C@@H](C)N(Cc1ccccc1F)C(=O)CN(c1ccc(I)cc1)S(=O)(=O)c1ccccc1. The van der Waals surface area contributed by atoms with Crippen molar-refractivity contribution < 1.29 is 22.4 Å². The average molecular weight is 638 g/mol. The quantitative estimate of drug-likeness (QED) is 0.313. The third-order valence-electron chi connectivity index (χ3n) is 5.74. The van der Waals surface area contributed by atoms with Gasteiger partial charge in [0.2, 0.25) is 11.8 Å². The highest BCUT2D eigenvalue weighted by Gasteiger charge is 2.32. The van der Waals surface area contributed by atoms with Gasteiger partial charge >= 0.3 is 0 Å². The molecule has 3 aromatic carbocycles. The van der Waals surface area contributed by atoms with E-state index < -0.39 is 40.2 Å². The van der Waals surface area contributed by atoms with Gasteiger partial charge in [0.25, 0.3) is 10.0 Å². The van der Waals surface area contributed by atoms with E-state index in [0.29, 0.717) is 18.7 Å². The van der Waals surface area contributed by atoms with Crippen LogP contribution in [0.4, 0.5) is 10.1 Å². The van der Waals surface area contributed by atoms with Crippen molar-refractivity contribution in [3.05, 3.63) is 93.8 Å². The Balaban J connectivity index is 2.01. The second kappa shape index (κ2) is 13.0. The van der Waals surface area contributed by atoms with Crippen molar-refractivity contribution in [1.82, 2.24) is 10.2 Å². The van der Waals surface area contributed by atoms with E-state index in [1.165, 1.54) is 35.2 Å². The van der Waals surface area contributed by atoms with Crippen molar-refractivity contribution in [3.8, 4) is 0 Å². The number of carbonyl (C=O) groups is 2. The third kappa shape index (κ3) is 7.29. The van der Waals surface area contributed by atoms with Gasteiger partial charge in [-0.1, -0.05) is 43.3 Å². The first-order chi connectivity index (χ1) is 17.6. The lowest BCUT2D eigenvalue weighted by atomic mass is 10.1. The predicted molar refractivity (Wildman–Crippen MR) is 150 cm³/mol. The summed E-state index contributed by atoms with van der Waals surface area (Å²) in [4.78, 5) is 27.8. The van der Waals surface area contributed by atoms with Crippen LogP contribution < -0.4 is 9.62 Å². The average Bonchev–Trinajstić information content (AvgIpc) is 2.90.